The minimum Gasteiger partial charge on any atom is -0.490 e. The van der Waals surface area contributed by atoms with Gasteiger partial charge in [0, 0.05) is 6.07 Å². The largest absolute Gasteiger partial charge is 0.490 e. The lowest BCUT2D eigenvalue weighted by molar-refractivity contribution is -0.122. The van der Waals surface area contributed by atoms with Crippen LogP contribution in [0.15, 0.2) is 60.2 Å². The summed E-state index contributed by atoms with van der Waals surface area (Å²) in [6, 6.07) is 13.9. The summed E-state index contributed by atoms with van der Waals surface area (Å²) in [7, 11) is 0. The monoisotopic (exact) mass is 554 g/mol. The van der Waals surface area contributed by atoms with Gasteiger partial charge in [0.1, 0.15) is 12.2 Å². The molecule has 1 fully saturated rings. The number of rotatable bonds is 7. The molecule has 2 aliphatic heterocycles. The Labute approximate surface area is 227 Å². The molecule has 2 heterocycles. The van der Waals surface area contributed by atoms with E-state index < -0.39 is 17.8 Å². The molecule has 0 aromatic heterocycles. The maximum atomic E-state index is 13.3. The zero-order valence-electron chi connectivity index (χ0n) is 20.0. The van der Waals surface area contributed by atoms with E-state index in [1.165, 1.54) is 18.2 Å². The second-order valence-corrected chi connectivity index (χ2v) is 8.99. The van der Waals surface area contributed by atoms with Gasteiger partial charge in [0.25, 0.3) is 11.8 Å². The number of nitrogens with one attached hydrogen (secondary N) is 1. The maximum Gasteiger partial charge on any atom is 0.335 e. The van der Waals surface area contributed by atoms with Gasteiger partial charge in [0.15, 0.2) is 23.0 Å². The van der Waals surface area contributed by atoms with Crippen LogP contribution in [0.5, 0.6) is 23.0 Å². The van der Waals surface area contributed by atoms with Crippen molar-refractivity contribution in [3.05, 3.63) is 81.3 Å². The lowest BCUT2D eigenvalue weighted by Gasteiger charge is -2.26. The van der Waals surface area contributed by atoms with Crippen LogP contribution in [-0.2, 0) is 16.2 Å². The summed E-state index contributed by atoms with van der Waals surface area (Å²) in [6.45, 7) is 2.43. The number of hydrogen-bond acceptors (Lipinski definition) is 7. The number of hydrogen-bond donors (Lipinski definition) is 1. The maximum absolute atomic E-state index is 13.3. The SMILES string of the molecule is CCOc1cc(/C=C2\C(=O)NC(=O)N(c3ccc4c(c3)OCO4)C2=O)ccc1OCc1ccc(Cl)c(Cl)c1. The van der Waals surface area contributed by atoms with E-state index in [1.54, 1.807) is 42.5 Å². The van der Waals surface area contributed by atoms with Crippen molar-refractivity contribution in [2.75, 3.05) is 18.3 Å². The summed E-state index contributed by atoms with van der Waals surface area (Å²) in [4.78, 5) is 39.3. The highest BCUT2D eigenvalue weighted by Crippen LogP contribution is 2.37. The van der Waals surface area contributed by atoms with E-state index in [-0.39, 0.29) is 24.7 Å². The van der Waals surface area contributed by atoms with Crippen LogP contribution in [0.2, 0.25) is 10.0 Å². The van der Waals surface area contributed by atoms with Crippen LogP contribution in [0.1, 0.15) is 18.1 Å². The lowest BCUT2D eigenvalue weighted by atomic mass is 10.1. The molecule has 0 radical (unpaired) electrons. The molecule has 3 aromatic rings. The number of halogens is 2. The second-order valence-electron chi connectivity index (χ2n) is 8.17. The molecule has 0 unspecified atom stereocenters. The van der Waals surface area contributed by atoms with Crippen LogP contribution in [0, 0.1) is 0 Å². The number of urea groups is 1. The highest BCUT2D eigenvalue weighted by molar-refractivity contribution is 6.42. The van der Waals surface area contributed by atoms with E-state index in [1.807, 2.05) is 6.92 Å². The Kier molecular flexibility index (Phi) is 7.13. The van der Waals surface area contributed by atoms with Gasteiger partial charge < -0.3 is 18.9 Å². The van der Waals surface area contributed by atoms with Gasteiger partial charge in [0.2, 0.25) is 6.79 Å². The predicted molar refractivity (Wildman–Crippen MR) is 140 cm³/mol. The number of fused-ring (bicyclic) bond motifs is 1. The zero-order valence-corrected chi connectivity index (χ0v) is 21.5. The van der Waals surface area contributed by atoms with Gasteiger partial charge in [-0.2, -0.15) is 0 Å². The smallest absolute Gasteiger partial charge is 0.335 e. The Bertz CT molecular complexity index is 1490. The molecule has 2 aliphatic rings. The highest BCUT2D eigenvalue weighted by Gasteiger charge is 2.37. The lowest BCUT2D eigenvalue weighted by Crippen LogP contribution is -2.54. The van der Waals surface area contributed by atoms with E-state index in [0.717, 1.165) is 10.5 Å². The third-order valence-corrected chi connectivity index (χ3v) is 6.41. The van der Waals surface area contributed by atoms with Crippen molar-refractivity contribution in [1.29, 1.82) is 0 Å². The van der Waals surface area contributed by atoms with Crippen LogP contribution in [0.3, 0.4) is 0 Å². The first-order chi connectivity index (χ1) is 18.3. The van der Waals surface area contributed by atoms with Gasteiger partial charge in [-0.15, -0.1) is 0 Å². The highest BCUT2D eigenvalue weighted by atomic mass is 35.5. The Morgan fingerprint density at radius 1 is 0.921 bits per heavy atom. The molecule has 0 bridgehead atoms. The fourth-order valence-electron chi connectivity index (χ4n) is 3.88. The Balaban J connectivity index is 1.40. The van der Waals surface area contributed by atoms with E-state index >= 15 is 0 Å². The molecule has 1 N–H and O–H groups in total. The van der Waals surface area contributed by atoms with Crippen molar-refractivity contribution >= 4 is 52.8 Å². The molecule has 0 spiro atoms. The Morgan fingerprint density at radius 3 is 2.53 bits per heavy atom. The van der Waals surface area contributed by atoms with Crippen molar-refractivity contribution in [3.8, 4) is 23.0 Å². The number of barbiturate groups is 1. The number of imide groups is 2. The van der Waals surface area contributed by atoms with Gasteiger partial charge in [-0.1, -0.05) is 35.3 Å². The van der Waals surface area contributed by atoms with Gasteiger partial charge in [-0.05, 0) is 60.5 Å². The molecule has 0 saturated carbocycles. The fourth-order valence-corrected chi connectivity index (χ4v) is 4.20. The molecule has 9 nitrogen and oxygen atoms in total. The summed E-state index contributed by atoms with van der Waals surface area (Å²) in [5, 5.41) is 3.07. The van der Waals surface area contributed by atoms with Crippen LogP contribution >= 0.6 is 23.2 Å². The summed E-state index contributed by atoms with van der Waals surface area (Å²) in [6.07, 6.45) is 1.38. The quantitative estimate of drug-likeness (QED) is 0.309. The summed E-state index contributed by atoms with van der Waals surface area (Å²) in [5.41, 5.74) is 1.31. The van der Waals surface area contributed by atoms with E-state index in [9.17, 15) is 14.4 Å². The van der Waals surface area contributed by atoms with Gasteiger partial charge in [-0.25, -0.2) is 9.69 Å². The van der Waals surface area contributed by atoms with Crippen LogP contribution in [0.25, 0.3) is 6.08 Å². The van der Waals surface area contributed by atoms with Crippen LogP contribution in [0.4, 0.5) is 10.5 Å². The molecule has 194 valence electrons. The number of anilines is 1. The number of nitrogens with zero attached hydrogens (tertiary/aromatic N) is 1. The number of amides is 4. The van der Waals surface area contributed by atoms with E-state index in [2.05, 4.69) is 5.32 Å². The topological polar surface area (TPSA) is 103 Å². The van der Waals surface area contributed by atoms with Crippen molar-refractivity contribution in [1.82, 2.24) is 5.32 Å². The summed E-state index contributed by atoms with van der Waals surface area (Å²) in [5.74, 6) is 0.162. The van der Waals surface area contributed by atoms with E-state index in [0.29, 0.717) is 45.2 Å². The van der Waals surface area contributed by atoms with Crippen molar-refractivity contribution < 1.29 is 33.3 Å². The average Bonchev–Trinajstić information content (AvgIpc) is 3.36. The molecule has 38 heavy (non-hydrogen) atoms. The van der Waals surface area contributed by atoms with Gasteiger partial charge in [-0.3, -0.25) is 14.9 Å². The Morgan fingerprint density at radius 2 is 1.74 bits per heavy atom. The Hall–Kier alpha value is -4.21. The predicted octanol–water partition coefficient (Wildman–Crippen LogP) is 5.37. The molecule has 0 aliphatic carbocycles. The molecule has 3 aromatic carbocycles. The average molecular weight is 555 g/mol. The third-order valence-electron chi connectivity index (χ3n) is 5.67. The first kappa shape index (κ1) is 25.4. The molecule has 1 saturated heterocycles. The molecular formula is C27H20Cl2N2O7. The molecule has 11 heteroatoms. The number of carbonyl (C=O) groups is 3. The van der Waals surface area contributed by atoms with Crippen molar-refractivity contribution in [2.45, 2.75) is 13.5 Å². The minimum atomic E-state index is -0.864. The number of ether oxygens (including phenoxy) is 4. The van der Waals surface area contributed by atoms with E-state index in [4.69, 9.17) is 42.1 Å². The fraction of sp³-hybridized carbons (Fsp3) is 0.148. The standard InChI is InChI=1S/C27H20Cl2N2O7/c1-2-35-23-11-15(4-7-21(23)36-13-16-3-6-19(28)20(29)10-16)9-18-25(32)30-27(34)31(26(18)33)17-5-8-22-24(12-17)38-14-37-22/h3-12H,2,13-14H2,1H3,(H,30,32,34)/b18-9+. The molecule has 0 atom stereocenters. The first-order valence-corrected chi connectivity index (χ1v) is 12.2. The van der Waals surface area contributed by atoms with Crippen LogP contribution < -0.4 is 29.2 Å². The first-order valence-electron chi connectivity index (χ1n) is 11.5. The minimum absolute atomic E-state index is 0.0396. The van der Waals surface area contributed by atoms with Crippen LogP contribution in [-0.4, -0.2) is 31.2 Å². The number of carbonyl (C=O) groups excluding carboxylic acids is 3. The second kappa shape index (κ2) is 10.6. The zero-order chi connectivity index (χ0) is 26.8. The van der Waals surface area contributed by atoms with Gasteiger partial charge >= 0.3 is 6.03 Å². The molecule has 4 amide bonds. The molecular weight excluding hydrogens is 535 g/mol. The molecule has 5 rings (SSSR count). The van der Waals surface area contributed by atoms with Crippen molar-refractivity contribution in [2.24, 2.45) is 0 Å². The normalized spacial score (nSPS) is 15.6. The summed E-state index contributed by atoms with van der Waals surface area (Å²) < 4.78 is 22.3. The van der Waals surface area contributed by atoms with Gasteiger partial charge in [0.05, 0.1) is 22.3 Å². The third kappa shape index (κ3) is 5.11. The number of benzene rings is 3. The van der Waals surface area contributed by atoms with Crippen molar-refractivity contribution in [3.63, 3.8) is 0 Å². The summed E-state index contributed by atoms with van der Waals surface area (Å²) >= 11 is 12.1.